The molecule has 0 aromatic heterocycles. The fourth-order valence-corrected chi connectivity index (χ4v) is 5.20. The molecule has 0 saturated carbocycles. The number of nitrogens with one attached hydrogen (secondary N) is 1. The fourth-order valence-electron chi connectivity index (χ4n) is 5.20. The Labute approximate surface area is 221 Å². The van der Waals surface area contributed by atoms with Crippen molar-refractivity contribution in [3.05, 3.63) is 65.5 Å². The second kappa shape index (κ2) is 11.9. The zero-order valence-electron chi connectivity index (χ0n) is 21.4. The number of aromatic hydroxyl groups is 1. The van der Waals surface area contributed by atoms with E-state index in [1.54, 1.807) is 41.3 Å². The van der Waals surface area contributed by atoms with Gasteiger partial charge in [-0.3, -0.25) is 24.7 Å². The van der Waals surface area contributed by atoms with E-state index >= 15 is 0 Å². The Kier molecular flexibility index (Phi) is 8.60. The Balaban J connectivity index is 1.46. The molecule has 2 heterocycles. The molecule has 3 unspecified atom stereocenters. The summed E-state index contributed by atoms with van der Waals surface area (Å²) in [5.74, 6) is -2.39. The standard InChI is InChI=1S/C27H35FN6O4/c1-17(30)13-33-16-34(27(38)24(33)12-18-4-8-21(35)9-5-18)31-25(36)23-15-32(26(37)22(23)10-11-29)14-19-2-6-20(28)7-3-19/h2-9,17,22-24,35H,10-16,29-30H2,1H3,(H,31,36)/t17?,22?,23?,24-/m0/s1. The minimum atomic E-state index is -0.683. The third-order valence-corrected chi connectivity index (χ3v) is 7.08. The lowest BCUT2D eigenvalue weighted by Crippen LogP contribution is -2.48. The van der Waals surface area contributed by atoms with E-state index in [1.807, 2.05) is 11.8 Å². The van der Waals surface area contributed by atoms with E-state index in [-0.39, 0.29) is 55.7 Å². The number of hydrogen-bond acceptors (Lipinski definition) is 7. The maximum absolute atomic E-state index is 13.4. The van der Waals surface area contributed by atoms with Gasteiger partial charge in [0.15, 0.2) is 0 Å². The lowest BCUT2D eigenvalue weighted by Gasteiger charge is -2.23. The van der Waals surface area contributed by atoms with E-state index in [4.69, 9.17) is 11.5 Å². The van der Waals surface area contributed by atoms with Crippen LogP contribution in [0.2, 0.25) is 0 Å². The van der Waals surface area contributed by atoms with Gasteiger partial charge in [0.25, 0.3) is 5.91 Å². The molecule has 0 radical (unpaired) electrons. The predicted molar refractivity (Wildman–Crippen MR) is 138 cm³/mol. The summed E-state index contributed by atoms with van der Waals surface area (Å²) < 4.78 is 13.3. The fraction of sp³-hybridized carbons (Fsp3) is 0.444. The molecule has 3 amide bonds. The summed E-state index contributed by atoms with van der Waals surface area (Å²) in [6.45, 7) is 3.13. The van der Waals surface area contributed by atoms with Crippen molar-refractivity contribution in [3.63, 3.8) is 0 Å². The van der Waals surface area contributed by atoms with Gasteiger partial charge in [0.05, 0.1) is 24.5 Å². The Morgan fingerprint density at radius 3 is 2.39 bits per heavy atom. The molecular formula is C27H35FN6O4. The smallest absolute Gasteiger partial charge is 0.259 e. The largest absolute Gasteiger partial charge is 0.508 e. The van der Waals surface area contributed by atoms with Gasteiger partial charge in [0, 0.05) is 25.7 Å². The van der Waals surface area contributed by atoms with Crippen molar-refractivity contribution in [1.82, 2.24) is 20.2 Å². The van der Waals surface area contributed by atoms with Crippen molar-refractivity contribution < 1.29 is 23.9 Å². The van der Waals surface area contributed by atoms with E-state index < -0.39 is 23.8 Å². The molecule has 10 nitrogen and oxygen atoms in total. The molecule has 2 aromatic carbocycles. The van der Waals surface area contributed by atoms with Crippen LogP contribution in [-0.4, -0.2) is 76.0 Å². The molecular weight excluding hydrogens is 491 g/mol. The topological polar surface area (TPSA) is 145 Å². The first-order valence-electron chi connectivity index (χ1n) is 12.8. The van der Waals surface area contributed by atoms with Crippen LogP contribution in [0.3, 0.4) is 0 Å². The summed E-state index contributed by atoms with van der Waals surface area (Å²) in [7, 11) is 0. The second-order valence-electron chi connectivity index (χ2n) is 10.2. The van der Waals surface area contributed by atoms with Crippen LogP contribution in [-0.2, 0) is 27.3 Å². The molecule has 4 atom stereocenters. The van der Waals surface area contributed by atoms with E-state index in [2.05, 4.69) is 5.43 Å². The number of carbonyl (C=O) groups is 3. The molecule has 204 valence electrons. The number of rotatable bonds is 10. The van der Waals surface area contributed by atoms with Crippen molar-refractivity contribution in [3.8, 4) is 5.75 Å². The first-order chi connectivity index (χ1) is 18.2. The molecule has 38 heavy (non-hydrogen) atoms. The van der Waals surface area contributed by atoms with Crippen molar-refractivity contribution in [1.29, 1.82) is 0 Å². The number of nitrogens with two attached hydrogens (primary N) is 2. The summed E-state index contributed by atoms with van der Waals surface area (Å²) in [4.78, 5) is 43.4. The number of nitrogens with zero attached hydrogens (tertiary/aromatic N) is 3. The highest BCUT2D eigenvalue weighted by Gasteiger charge is 2.46. The van der Waals surface area contributed by atoms with Gasteiger partial charge in [-0.15, -0.1) is 0 Å². The van der Waals surface area contributed by atoms with Gasteiger partial charge in [-0.05, 0) is 61.7 Å². The molecule has 6 N–H and O–H groups in total. The molecule has 2 aromatic rings. The third kappa shape index (κ3) is 6.29. The van der Waals surface area contributed by atoms with E-state index in [0.717, 1.165) is 11.1 Å². The highest BCUT2D eigenvalue weighted by Crippen LogP contribution is 2.30. The van der Waals surface area contributed by atoms with Gasteiger partial charge in [-0.1, -0.05) is 24.3 Å². The monoisotopic (exact) mass is 526 g/mol. The first-order valence-corrected chi connectivity index (χ1v) is 12.8. The van der Waals surface area contributed by atoms with Crippen LogP contribution in [0.4, 0.5) is 4.39 Å². The summed E-state index contributed by atoms with van der Waals surface area (Å²) in [6.07, 6.45) is 0.729. The van der Waals surface area contributed by atoms with E-state index in [0.29, 0.717) is 19.4 Å². The Morgan fingerprint density at radius 1 is 1.11 bits per heavy atom. The molecule has 2 aliphatic rings. The van der Waals surface area contributed by atoms with Gasteiger partial charge in [-0.25, -0.2) is 9.40 Å². The minimum absolute atomic E-state index is 0.138. The van der Waals surface area contributed by atoms with E-state index in [1.165, 1.54) is 17.1 Å². The number of carbonyl (C=O) groups excluding carboxylic acids is 3. The SMILES string of the molecule is CC(N)CN1CN(NC(=O)C2CN(Cc3ccc(F)cc3)C(=O)C2CCN)C(=O)[C@@H]1Cc1ccc(O)cc1. The maximum Gasteiger partial charge on any atom is 0.259 e. The third-order valence-electron chi connectivity index (χ3n) is 7.08. The Bertz CT molecular complexity index is 1140. The van der Waals surface area contributed by atoms with Gasteiger partial charge in [0.1, 0.15) is 11.6 Å². The van der Waals surface area contributed by atoms with Gasteiger partial charge < -0.3 is 21.5 Å². The molecule has 11 heteroatoms. The lowest BCUT2D eigenvalue weighted by atomic mass is 9.92. The second-order valence-corrected chi connectivity index (χ2v) is 10.2. The summed E-state index contributed by atoms with van der Waals surface area (Å²) >= 11 is 0. The minimum Gasteiger partial charge on any atom is -0.508 e. The predicted octanol–water partition coefficient (Wildman–Crippen LogP) is 0.546. The lowest BCUT2D eigenvalue weighted by molar-refractivity contribution is -0.141. The Hall–Kier alpha value is -3.54. The van der Waals surface area contributed by atoms with Gasteiger partial charge >= 0.3 is 0 Å². The van der Waals surface area contributed by atoms with Crippen LogP contribution >= 0.6 is 0 Å². The normalized spacial score (nSPS) is 22.8. The molecule has 0 aliphatic carbocycles. The molecule has 0 spiro atoms. The average molecular weight is 527 g/mol. The summed E-state index contributed by atoms with van der Waals surface area (Å²) in [6, 6.07) is 11.8. The quantitative estimate of drug-likeness (QED) is 0.354. The van der Waals surface area contributed by atoms with Crippen LogP contribution in [0.25, 0.3) is 0 Å². The van der Waals surface area contributed by atoms with Crippen LogP contribution in [0.1, 0.15) is 24.5 Å². The summed E-state index contributed by atoms with van der Waals surface area (Å²) in [5.41, 5.74) is 16.2. The van der Waals surface area contributed by atoms with Crippen LogP contribution in [0.5, 0.6) is 5.75 Å². The van der Waals surface area contributed by atoms with Crippen LogP contribution in [0, 0.1) is 17.7 Å². The van der Waals surface area contributed by atoms with Crippen molar-refractivity contribution in [2.45, 2.75) is 38.4 Å². The molecule has 0 bridgehead atoms. The Morgan fingerprint density at radius 2 is 1.76 bits per heavy atom. The van der Waals surface area contributed by atoms with Gasteiger partial charge in [-0.2, -0.15) is 0 Å². The van der Waals surface area contributed by atoms with Crippen molar-refractivity contribution in [2.75, 3.05) is 26.3 Å². The number of phenols is 1. The highest BCUT2D eigenvalue weighted by molar-refractivity contribution is 5.93. The summed E-state index contributed by atoms with van der Waals surface area (Å²) in [5, 5.41) is 10.9. The number of amides is 3. The number of hydrazine groups is 1. The number of halogens is 1. The number of hydrogen-bond donors (Lipinski definition) is 4. The highest BCUT2D eigenvalue weighted by atomic mass is 19.1. The van der Waals surface area contributed by atoms with Crippen LogP contribution < -0.4 is 16.9 Å². The number of phenolic OH excluding ortho intramolecular Hbond substituents is 1. The van der Waals surface area contributed by atoms with Crippen molar-refractivity contribution in [2.24, 2.45) is 23.3 Å². The molecule has 2 aliphatic heterocycles. The van der Waals surface area contributed by atoms with E-state index in [9.17, 15) is 23.9 Å². The zero-order valence-corrected chi connectivity index (χ0v) is 21.4. The molecule has 2 fully saturated rings. The van der Waals surface area contributed by atoms with Gasteiger partial charge in [0.2, 0.25) is 11.8 Å². The average Bonchev–Trinajstić information content (AvgIpc) is 3.33. The van der Waals surface area contributed by atoms with Crippen molar-refractivity contribution >= 4 is 17.7 Å². The maximum atomic E-state index is 13.4. The first kappa shape index (κ1) is 27.5. The molecule has 4 rings (SSSR count). The number of benzene rings is 2. The number of likely N-dealkylation sites (tertiary alicyclic amines) is 1. The molecule has 2 saturated heterocycles. The zero-order chi connectivity index (χ0) is 27.4. The van der Waals surface area contributed by atoms with Crippen LogP contribution in [0.15, 0.2) is 48.5 Å².